The summed E-state index contributed by atoms with van der Waals surface area (Å²) in [7, 11) is 5.19. The van der Waals surface area contributed by atoms with Gasteiger partial charge in [0.15, 0.2) is 5.78 Å². The predicted molar refractivity (Wildman–Crippen MR) is 104 cm³/mol. The van der Waals surface area contributed by atoms with Crippen LogP contribution < -0.4 is 5.32 Å². The Morgan fingerprint density at radius 3 is 2.56 bits per heavy atom. The highest BCUT2D eigenvalue weighted by Crippen LogP contribution is 2.23. The van der Waals surface area contributed by atoms with Gasteiger partial charge in [-0.25, -0.2) is 4.79 Å². The van der Waals surface area contributed by atoms with E-state index in [2.05, 4.69) is 10.3 Å². The standard InChI is InChI=1S/C19H25N3O4S/c1-11-17(19(25)26-5)13(21-18(11)12(2)23)9-16(24)20-10-14(22(3)4)15-7-6-8-27-15/h6-8,14,21H,9-10H2,1-5H3,(H,20,24). The Hall–Kier alpha value is -2.45. The molecule has 27 heavy (non-hydrogen) atoms. The average Bonchev–Trinajstić information content (AvgIpc) is 3.22. The maximum atomic E-state index is 12.5. The van der Waals surface area contributed by atoms with Crippen LogP contribution in [0.1, 0.15) is 49.9 Å². The molecule has 0 saturated heterocycles. The SMILES string of the molecule is COC(=O)c1c(CC(=O)NCC(c2cccs2)N(C)C)[nH]c(C(C)=O)c1C. The number of methoxy groups -OCH3 is 1. The van der Waals surface area contributed by atoms with E-state index in [1.54, 1.807) is 18.3 Å². The van der Waals surface area contributed by atoms with E-state index >= 15 is 0 Å². The number of likely N-dealkylation sites (N-methyl/N-ethyl adjacent to an activating group) is 1. The zero-order valence-corrected chi connectivity index (χ0v) is 17.0. The zero-order valence-electron chi connectivity index (χ0n) is 16.2. The van der Waals surface area contributed by atoms with Crippen LogP contribution in [0.2, 0.25) is 0 Å². The third kappa shape index (κ3) is 4.84. The van der Waals surface area contributed by atoms with E-state index in [0.717, 1.165) is 4.88 Å². The Labute approximate surface area is 162 Å². The fraction of sp³-hybridized carbons (Fsp3) is 0.421. The number of rotatable bonds is 8. The summed E-state index contributed by atoms with van der Waals surface area (Å²) in [6.45, 7) is 3.52. The average molecular weight is 391 g/mol. The topological polar surface area (TPSA) is 91.5 Å². The predicted octanol–water partition coefficient (Wildman–Crippen LogP) is 2.34. The largest absolute Gasteiger partial charge is 0.465 e. The van der Waals surface area contributed by atoms with Crippen molar-refractivity contribution in [3.05, 3.63) is 44.9 Å². The molecule has 2 aromatic rings. The van der Waals surface area contributed by atoms with E-state index in [9.17, 15) is 14.4 Å². The van der Waals surface area contributed by atoms with Crippen LogP contribution in [0.5, 0.6) is 0 Å². The first-order valence-corrected chi connectivity index (χ1v) is 9.41. The van der Waals surface area contributed by atoms with Crippen molar-refractivity contribution < 1.29 is 19.1 Å². The molecule has 0 bridgehead atoms. The summed E-state index contributed by atoms with van der Waals surface area (Å²) < 4.78 is 4.80. The summed E-state index contributed by atoms with van der Waals surface area (Å²) >= 11 is 1.64. The van der Waals surface area contributed by atoms with Crippen molar-refractivity contribution in [2.45, 2.75) is 26.3 Å². The van der Waals surface area contributed by atoms with E-state index in [-0.39, 0.29) is 29.7 Å². The molecule has 2 rings (SSSR count). The second kappa shape index (κ2) is 8.96. The van der Waals surface area contributed by atoms with Gasteiger partial charge in [0, 0.05) is 24.0 Å². The van der Waals surface area contributed by atoms with E-state index in [1.165, 1.54) is 14.0 Å². The molecule has 0 saturated carbocycles. The number of hydrogen-bond donors (Lipinski definition) is 2. The molecule has 0 spiro atoms. The minimum absolute atomic E-state index is 0.0385. The van der Waals surface area contributed by atoms with E-state index in [4.69, 9.17) is 4.74 Å². The highest BCUT2D eigenvalue weighted by atomic mass is 32.1. The Kier molecular flexibility index (Phi) is 6.92. The smallest absolute Gasteiger partial charge is 0.339 e. The summed E-state index contributed by atoms with van der Waals surface area (Å²) in [5.74, 6) is -1.00. The van der Waals surface area contributed by atoms with Crippen molar-refractivity contribution in [3.8, 4) is 0 Å². The number of esters is 1. The van der Waals surface area contributed by atoms with Gasteiger partial charge >= 0.3 is 5.97 Å². The van der Waals surface area contributed by atoms with Gasteiger partial charge in [-0.3, -0.25) is 9.59 Å². The summed E-state index contributed by atoms with van der Waals surface area (Å²) in [6.07, 6.45) is -0.0385. The Balaban J connectivity index is 2.14. The number of ether oxygens (including phenoxy) is 1. The molecule has 1 amide bonds. The fourth-order valence-electron chi connectivity index (χ4n) is 2.97. The van der Waals surface area contributed by atoms with Gasteiger partial charge in [-0.2, -0.15) is 0 Å². The van der Waals surface area contributed by atoms with Gasteiger partial charge in [0.05, 0.1) is 30.8 Å². The molecule has 0 aliphatic rings. The summed E-state index contributed by atoms with van der Waals surface area (Å²) in [6, 6.07) is 4.07. The lowest BCUT2D eigenvalue weighted by atomic mass is 10.1. The van der Waals surface area contributed by atoms with Crippen LogP contribution in [0.3, 0.4) is 0 Å². The third-order valence-electron chi connectivity index (χ3n) is 4.39. The number of H-pyrrole nitrogens is 1. The molecule has 0 aliphatic heterocycles. The second-order valence-electron chi connectivity index (χ2n) is 6.50. The van der Waals surface area contributed by atoms with Crippen LogP contribution in [0, 0.1) is 6.92 Å². The minimum Gasteiger partial charge on any atom is -0.465 e. The molecule has 0 radical (unpaired) electrons. The first kappa shape index (κ1) is 20.9. The summed E-state index contributed by atoms with van der Waals surface area (Å²) in [4.78, 5) is 42.4. The lowest BCUT2D eigenvalue weighted by Crippen LogP contribution is -2.35. The highest BCUT2D eigenvalue weighted by molar-refractivity contribution is 7.10. The number of Topliss-reactive ketones (excluding diaryl/α,β-unsaturated/α-hetero) is 1. The van der Waals surface area contributed by atoms with Crippen molar-refractivity contribution in [2.75, 3.05) is 27.7 Å². The summed E-state index contributed by atoms with van der Waals surface area (Å²) in [5.41, 5.74) is 1.46. The number of aromatic nitrogens is 1. The lowest BCUT2D eigenvalue weighted by Gasteiger charge is -2.23. The van der Waals surface area contributed by atoms with Gasteiger partial charge < -0.3 is 19.9 Å². The van der Waals surface area contributed by atoms with Crippen LogP contribution in [0.15, 0.2) is 17.5 Å². The number of nitrogens with zero attached hydrogens (tertiary/aromatic N) is 1. The lowest BCUT2D eigenvalue weighted by molar-refractivity contribution is -0.120. The Morgan fingerprint density at radius 2 is 2.04 bits per heavy atom. The molecule has 1 atom stereocenters. The highest BCUT2D eigenvalue weighted by Gasteiger charge is 2.24. The van der Waals surface area contributed by atoms with Crippen LogP contribution in [0.25, 0.3) is 0 Å². The molecule has 1 unspecified atom stereocenters. The molecule has 2 heterocycles. The summed E-state index contributed by atoms with van der Waals surface area (Å²) in [5, 5.41) is 4.91. The van der Waals surface area contributed by atoms with E-state index in [0.29, 0.717) is 23.5 Å². The molecule has 2 N–H and O–H groups in total. The maximum Gasteiger partial charge on any atom is 0.339 e. The van der Waals surface area contributed by atoms with Crippen molar-refractivity contribution in [3.63, 3.8) is 0 Å². The van der Waals surface area contributed by atoms with Crippen molar-refractivity contribution in [1.29, 1.82) is 0 Å². The number of nitrogens with one attached hydrogen (secondary N) is 2. The minimum atomic E-state index is -0.566. The van der Waals surface area contributed by atoms with Crippen molar-refractivity contribution >= 4 is 29.0 Å². The van der Waals surface area contributed by atoms with Crippen molar-refractivity contribution in [2.24, 2.45) is 0 Å². The molecule has 0 aliphatic carbocycles. The van der Waals surface area contributed by atoms with E-state index < -0.39 is 5.97 Å². The molecule has 2 aromatic heterocycles. The van der Waals surface area contributed by atoms with Crippen LogP contribution in [-0.4, -0.2) is 55.3 Å². The van der Waals surface area contributed by atoms with Crippen molar-refractivity contribution in [1.82, 2.24) is 15.2 Å². The third-order valence-corrected chi connectivity index (χ3v) is 5.37. The fourth-order valence-corrected chi connectivity index (χ4v) is 3.90. The van der Waals surface area contributed by atoms with Crippen LogP contribution in [0.4, 0.5) is 0 Å². The number of ketones is 1. The molecule has 146 valence electrons. The van der Waals surface area contributed by atoms with Gasteiger partial charge in [-0.05, 0) is 38.0 Å². The normalized spacial score (nSPS) is 12.1. The quantitative estimate of drug-likeness (QED) is 0.532. The Bertz CT molecular complexity index is 824. The van der Waals surface area contributed by atoms with Gasteiger partial charge in [0.25, 0.3) is 0 Å². The number of carbonyl (C=O) groups excluding carboxylic acids is 3. The molecule has 7 nitrogen and oxygen atoms in total. The van der Waals surface area contributed by atoms with Gasteiger partial charge in [-0.1, -0.05) is 6.07 Å². The molecule has 0 aromatic carbocycles. The molecular formula is C19H25N3O4S. The molecule has 8 heteroatoms. The van der Waals surface area contributed by atoms with Gasteiger partial charge in [0.1, 0.15) is 0 Å². The zero-order chi connectivity index (χ0) is 20.1. The van der Waals surface area contributed by atoms with Crippen LogP contribution >= 0.6 is 11.3 Å². The number of amides is 1. The molecular weight excluding hydrogens is 366 g/mol. The monoisotopic (exact) mass is 391 g/mol. The first-order valence-electron chi connectivity index (χ1n) is 8.53. The number of aromatic amines is 1. The number of thiophene rings is 1. The maximum absolute atomic E-state index is 12.5. The Morgan fingerprint density at radius 1 is 1.33 bits per heavy atom. The first-order chi connectivity index (χ1) is 12.8. The van der Waals surface area contributed by atoms with E-state index in [1.807, 2.05) is 36.5 Å². The van der Waals surface area contributed by atoms with Gasteiger partial charge in [0.2, 0.25) is 5.91 Å². The second-order valence-corrected chi connectivity index (χ2v) is 7.48. The van der Waals surface area contributed by atoms with Gasteiger partial charge in [-0.15, -0.1) is 11.3 Å². The number of hydrogen-bond acceptors (Lipinski definition) is 6. The van der Waals surface area contributed by atoms with Crippen LogP contribution in [-0.2, 0) is 16.0 Å². The number of carbonyl (C=O) groups is 3. The molecule has 0 fully saturated rings.